The van der Waals surface area contributed by atoms with Crippen LogP contribution in [0.5, 0.6) is 5.75 Å². The minimum atomic E-state index is -0.548. The fourth-order valence-electron chi connectivity index (χ4n) is 1.96. The van der Waals surface area contributed by atoms with E-state index in [1.807, 2.05) is 25.1 Å². The third-order valence-electron chi connectivity index (χ3n) is 4.23. The highest BCUT2D eigenvalue weighted by Crippen LogP contribution is 2.27. The van der Waals surface area contributed by atoms with Crippen molar-refractivity contribution >= 4 is 0 Å². The SMILES string of the molecule is COc1ccc(C)cc1C(O)CNCC(C)(C)C(C)C. The Morgan fingerprint density at radius 2 is 1.95 bits per heavy atom. The number of benzene rings is 1. The molecular formula is C17H29NO2. The lowest BCUT2D eigenvalue weighted by Gasteiger charge is -2.30. The van der Waals surface area contributed by atoms with Gasteiger partial charge in [-0.1, -0.05) is 39.3 Å². The van der Waals surface area contributed by atoms with Crippen LogP contribution in [0.2, 0.25) is 0 Å². The molecule has 0 aromatic heterocycles. The smallest absolute Gasteiger partial charge is 0.124 e. The van der Waals surface area contributed by atoms with Gasteiger partial charge < -0.3 is 15.2 Å². The number of aliphatic hydroxyl groups excluding tert-OH is 1. The minimum Gasteiger partial charge on any atom is -0.496 e. The molecule has 0 bridgehead atoms. The van der Waals surface area contributed by atoms with Gasteiger partial charge in [0.25, 0.3) is 0 Å². The second kappa shape index (κ2) is 7.09. The molecule has 0 radical (unpaired) electrons. The summed E-state index contributed by atoms with van der Waals surface area (Å²) in [7, 11) is 1.64. The van der Waals surface area contributed by atoms with Crippen LogP contribution >= 0.6 is 0 Å². The predicted molar refractivity (Wildman–Crippen MR) is 84.2 cm³/mol. The molecule has 114 valence electrons. The molecule has 0 saturated heterocycles. The fraction of sp³-hybridized carbons (Fsp3) is 0.647. The van der Waals surface area contributed by atoms with Crippen LogP contribution in [0.3, 0.4) is 0 Å². The van der Waals surface area contributed by atoms with Gasteiger partial charge in [0.05, 0.1) is 13.2 Å². The van der Waals surface area contributed by atoms with E-state index in [0.717, 1.165) is 23.4 Å². The summed E-state index contributed by atoms with van der Waals surface area (Å²) in [4.78, 5) is 0. The number of hydrogen-bond donors (Lipinski definition) is 2. The molecule has 1 atom stereocenters. The molecule has 3 nitrogen and oxygen atoms in total. The summed E-state index contributed by atoms with van der Waals surface area (Å²) in [5, 5.41) is 13.7. The first-order valence-corrected chi connectivity index (χ1v) is 7.31. The second-order valence-corrected chi connectivity index (χ2v) is 6.54. The van der Waals surface area contributed by atoms with Gasteiger partial charge in [0.1, 0.15) is 5.75 Å². The molecule has 1 aromatic carbocycles. The highest BCUT2D eigenvalue weighted by Gasteiger charge is 2.22. The van der Waals surface area contributed by atoms with Crippen molar-refractivity contribution in [2.75, 3.05) is 20.2 Å². The van der Waals surface area contributed by atoms with Gasteiger partial charge in [-0.25, -0.2) is 0 Å². The van der Waals surface area contributed by atoms with Gasteiger partial charge in [-0.15, -0.1) is 0 Å². The Hall–Kier alpha value is -1.06. The molecule has 0 amide bonds. The molecule has 3 heteroatoms. The lowest BCUT2D eigenvalue weighted by atomic mass is 9.81. The maximum absolute atomic E-state index is 10.3. The molecule has 0 fully saturated rings. The van der Waals surface area contributed by atoms with Crippen LogP contribution in [0, 0.1) is 18.3 Å². The molecule has 0 spiro atoms. The van der Waals surface area contributed by atoms with Gasteiger partial charge in [-0.3, -0.25) is 0 Å². The summed E-state index contributed by atoms with van der Waals surface area (Å²) >= 11 is 0. The van der Waals surface area contributed by atoms with E-state index in [9.17, 15) is 5.11 Å². The normalized spacial score (nSPS) is 13.6. The van der Waals surface area contributed by atoms with Crippen molar-refractivity contribution in [2.45, 2.75) is 40.7 Å². The molecule has 20 heavy (non-hydrogen) atoms. The van der Waals surface area contributed by atoms with Crippen LogP contribution in [-0.4, -0.2) is 25.3 Å². The lowest BCUT2D eigenvalue weighted by Crippen LogP contribution is -2.35. The highest BCUT2D eigenvalue weighted by molar-refractivity contribution is 5.38. The quantitative estimate of drug-likeness (QED) is 0.804. The van der Waals surface area contributed by atoms with Crippen molar-refractivity contribution in [1.82, 2.24) is 5.32 Å². The summed E-state index contributed by atoms with van der Waals surface area (Å²) in [5.41, 5.74) is 2.20. The summed E-state index contributed by atoms with van der Waals surface area (Å²) in [6.07, 6.45) is -0.548. The Balaban J connectivity index is 2.63. The maximum Gasteiger partial charge on any atom is 0.124 e. The minimum absolute atomic E-state index is 0.219. The van der Waals surface area contributed by atoms with E-state index in [1.54, 1.807) is 7.11 Å². The molecular weight excluding hydrogens is 250 g/mol. The highest BCUT2D eigenvalue weighted by atomic mass is 16.5. The van der Waals surface area contributed by atoms with Gasteiger partial charge in [0.15, 0.2) is 0 Å². The zero-order chi connectivity index (χ0) is 15.3. The van der Waals surface area contributed by atoms with Crippen LogP contribution in [0.4, 0.5) is 0 Å². The number of ether oxygens (including phenoxy) is 1. The molecule has 0 heterocycles. The number of aliphatic hydroxyl groups is 1. The Morgan fingerprint density at radius 1 is 1.30 bits per heavy atom. The Kier molecular flexibility index (Phi) is 6.03. The largest absolute Gasteiger partial charge is 0.496 e. The van der Waals surface area contributed by atoms with E-state index < -0.39 is 6.10 Å². The first kappa shape index (κ1) is 17.0. The van der Waals surface area contributed by atoms with Crippen LogP contribution in [-0.2, 0) is 0 Å². The van der Waals surface area contributed by atoms with Crippen molar-refractivity contribution in [3.63, 3.8) is 0 Å². The fourth-order valence-corrected chi connectivity index (χ4v) is 1.96. The van der Waals surface area contributed by atoms with Gasteiger partial charge in [0, 0.05) is 18.7 Å². The number of nitrogens with one attached hydrogen (secondary N) is 1. The van der Waals surface area contributed by atoms with Crippen molar-refractivity contribution in [1.29, 1.82) is 0 Å². The predicted octanol–water partition coefficient (Wildman–Crippen LogP) is 3.31. The van der Waals surface area contributed by atoms with Crippen molar-refractivity contribution in [3.05, 3.63) is 29.3 Å². The molecule has 1 aromatic rings. The van der Waals surface area contributed by atoms with E-state index in [4.69, 9.17) is 4.74 Å². The Morgan fingerprint density at radius 3 is 2.50 bits per heavy atom. The average molecular weight is 279 g/mol. The number of rotatable bonds is 7. The standard InChI is InChI=1S/C17H29NO2/c1-12(2)17(4,5)11-18-10-15(19)14-9-13(3)7-8-16(14)20-6/h7-9,12,15,18-19H,10-11H2,1-6H3. The third kappa shape index (κ3) is 4.50. The lowest BCUT2D eigenvalue weighted by molar-refractivity contribution is 0.157. The maximum atomic E-state index is 10.3. The topological polar surface area (TPSA) is 41.5 Å². The second-order valence-electron chi connectivity index (χ2n) is 6.54. The molecule has 0 saturated carbocycles. The van der Waals surface area contributed by atoms with E-state index >= 15 is 0 Å². The van der Waals surface area contributed by atoms with Crippen molar-refractivity contribution in [3.8, 4) is 5.75 Å². The zero-order valence-corrected chi connectivity index (χ0v) is 13.7. The van der Waals surface area contributed by atoms with Crippen LogP contribution in [0.1, 0.15) is 44.9 Å². The third-order valence-corrected chi connectivity index (χ3v) is 4.23. The van der Waals surface area contributed by atoms with E-state index in [2.05, 4.69) is 33.0 Å². The van der Waals surface area contributed by atoms with E-state index in [1.165, 1.54) is 0 Å². The number of aryl methyl sites for hydroxylation is 1. The average Bonchev–Trinajstić information content (AvgIpc) is 2.38. The molecule has 0 aliphatic rings. The summed E-state index contributed by atoms with van der Waals surface area (Å²) < 4.78 is 5.32. The first-order valence-electron chi connectivity index (χ1n) is 7.31. The summed E-state index contributed by atoms with van der Waals surface area (Å²) in [6, 6.07) is 5.88. The first-order chi connectivity index (χ1) is 9.27. The van der Waals surface area contributed by atoms with E-state index in [0.29, 0.717) is 12.5 Å². The van der Waals surface area contributed by atoms with Gasteiger partial charge in [-0.05, 0) is 30.4 Å². The monoisotopic (exact) mass is 279 g/mol. The van der Waals surface area contributed by atoms with Gasteiger partial charge in [0.2, 0.25) is 0 Å². The number of hydrogen-bond acceptors (Lipinski definition) is 3. The Bertz CT molecular complexity index is 427. The van der Waals surface area contributed by atoms with Crippen molar-refractivity contribution < 1.29 is 9.84 Å². The molecule has 1 unspecified atom stereocenters. The van der Waals surface area contributed by atoms with E-state index in [-0.39, 0.29) is 5.41 Å². The van der Waals surface area contributed by atoms with Crippen LogP contribution in [0.25, 0.3) is 0 Å². The molecule has 1 rings (SSSR count). The van der Waals surface area contributed by atoms with Crippen LogP contribution < -0.4 is 10.1 Å². The molecule has 2 N–H and O–H groups in total. The van der Waals surface area contributed by atoms with Gasteiger partial charge >= 0.3 is 0 Å². The Labute approximate surface area is 123 Å². The summed E-state index contributed by atoms with van der Waals surface area (Å²) in [6.45, 7) is 12.4. The molecule has 0 aliphatic carbocycles. The van der Waals surface area contributed by atoms with Crippen LogP contribution in [0.15, 0.2) is 18.2 Å². The van der Waals surface area contributed by atoms with Crippen molar-refractivity contribution in [2.24, 2.45) is 11.3 Å². The number of methoxy groups -OCH3 is 1. The zero-order valence-electron chi connectivity index (χ0n) is 13.7. The summed E-state index contributed by atoms with van der Waals surface area (Å²) in [5.74, 6) is 1.34. The van der Waals surface area contributed by atoms with Gasteiger partial charge in [-0.2, -0.15) is 0 Å². The molecule has 0 aliphatic heterocycles.